The average molecular weight is 236 g/mol. The van der Waals surface area contributed by atoms with Gasteiger partial charge in [-0.25, -0.2) is 9.78 Å². The molecule has 0 aromatic carbocycles. The van der Waals surface area contributed by atoms with Crippen LogP contribution in [0.5, 0.6) is 0 Å². The van der Waals surface area contributed by atoms with Gasteiger partial charge in [0, 0.05) is 26.2 Å². The molecule has 1 fully saturated rings. The monoisotopic (exact) mass is 236 g/mol. The van der Waals surface area contributed by atoms with E-state index in [-0.39, 0.29) is 5.69 Å². The van der Waals surface area contributed by atoms with Crippen molar-refractivity contribution in [2.45, 2.75) is 0 Å². The smallest absolute Gasteiger partial charge is 0.358 e. The summed E-state index contributed by atoms with van der Waals surface area (Å²) in [5.74, 6) is 0.287. The van der Waals surface area contributed by atoms with Crippen LogP contribution in [0.15, 0.2) is 12.4 Å². The first-order valence-corrected chi connectivity index (χ1v) is 5.54. The fourth-order valence-electron chi connectivity index (χ4n) is 1.75. The Morgan fingerprint density at radius 3 is 2.65 bits per heavy atom. The number of hydrogen-bond acceptors (Lipinski definition) is 6. The third-order valence-electron chi connectivity index (χ3n) is 2.84. The van der Waals surface area contributed by atoms with Crippen molar-refractivity contribution in [3.05, 3.63) is 18.1 Å². The maximum atomic E-state index is 11.3. The molecule has 0 atom stereocenters. The summed E-state index contributed by atoms with van der Waals surface area (Å²) in [6.07, 6.45) is 3.10. The number of rotatable bonds is 2. The van der Waals surface area contributed by atoms with Crippen molar-refractivity contribution < 1.29 is 9.53 Å². The summed E-state index contributed by atoms with van der Waals surface area (Å²) in [5.41, 5.74) is 0.254. The predicted octanol–water partition coefficient (Wildman–Crippen LogP) is 0.0150. The van der Waals surface area contributed by atoms with E-state index in [0.717, 1.165) is 32.0 Å². The Labute approximate surface area is 100 Å². The molecular formula is C11H16N4O2. The van der Waals surface area contributed by atoms with Crippen molar-refractivity contribution in [1.82, 2.24) is 14.9 Å². The number of esters is 1. The van der Waals surface area contributed by atoms with Crippen LogP contribution in [0.4, 0.5) is 5.82 Å². The fraction of sp³-hybridized carbons (Fsp3) is 0.545. The minimum Gasteiger partial charge on any atom is -0.464 e. The first-order valence-electron chi connectivity index (χ1n) is 5.54. The van der Waals surface area contributed by atoms with Gasteiger partial charge in [-0.05, 0) is 7.05 Å². The van der Waals surface area contributed by atoms with Crippen LogP contribution in [-0.4, -0.2) is 61.2 Å². The second-order valence-corrected chi connectivity index (χ2v) is 4.04. The van der Waals surface area contributed by atoms with Gasteiger partial charge in [0.2, 0.25) is 0 Å². The lowest BCUT2D eigenvalue weighted by Crippen LogP contribution is -2.45. The second-order valence-electron chi connectivity index (χ2n) is 4.04. The number of hydrogen-bond donors (Lipinski definition) is 0. The first-order chi connectivity index (χ1) is 8.20. The highest BCUT2D eigenvalue weighted by Gasteiger charge is 2.17. The number of ether oxygens (including phenoxy) is 1. The average Bonchev–Trinajstić information content (AvgIpc) is 2.39. The Bertz CT molecular complexity index is 402. The molecule has 2 rings (SSSR count). The molecule has 0 aliphatic carbocycles. The lowest BCUT2D eigenvalue weighted by Gasteiger charge is -2.32. The van der Waals surface area contributed by atoms with Crippen molar-refractivity contribution >= 4 is 11.8 Å². The summed E-state index contributed by atoms with van der Waals surface area (Å²) in [4.78, 5) is 24.0. The van der Waals surface area contributed by atoms with Gasteiger partial charge in [-0.15, -0.1) is 0 Å². The van der Waals surface area contributed by atoms with Crippen molar-refractivity contribution in [2.75, 3.05) is 45.2 Å². The normalized spacial score (nSPS) is 16.9. The van der Waals surface area contributed by atoms with Gasteiger partial charge in [-0.1, -0.05) is 0 Å². The van der Waals surface area contributed by atoms with Gasteiger partial charge in [0.25, 0.3) is 0 Å². The number of carbonyl (C=O) groups excluding carboxylic acids is 1. The highest BCUT2D eigenvalue weighted by molar-refractivity contribution is 5.87. The third kappa shape index (κ3) is 2.71. The molecule has 2 heterocycles. The molecule has 1 aliphatic rings. The number of carbonyl (C=O) groups is 1. The molecule has 6 nitrogen and oxygen atoms in total. The van der Waals surface area contributed by atoms with Gasteiger partial charge in [-0.3, -0.25) is 4.98 Å². The molecule has 0 N–H and O–H groups in total. The number of piperazine rings is 1. The number of nitrogens with zero attached hydrogens (tertiary/aromatic N) is 4. The Hall–Kier alpha value is -1.69. The predicted molar refractivity (Wildman–Crippen MR) is 63.1 cm³/mol. The molecule has 0 bridgehead atoms. The molecule has 0 amide bonds. The number of aromatic nitrogens is 2. The molecule has 1 aromatic heterocycles. The SMILES string of the molecule is COC(=O)c1cncc(N2CCN(C)CC2)n1. The zero-order chi connectivity index (χ0) is 12.3. The van der Waals surface area contributed by atoms with E-state index in [1.807, 2.05) is 0 Å². The van der Waals surface area contributed by atoms with Gasteiger partial charge < -0.3 is 14.5 Å². The molecule has 0 saturated carbocycles. The fourth-order valence-corrected chi connectivity index (χ4v) is 1.75. The molecule has 17 heavy (non-hydrogen) atoms. The number of methoxy groups -OCH3 is 1. The Balaban J connectivity index is 2.13. The van der Waals surface area contributed by atoms with E-state index in [1.165, 1.54) is 13.3 Å². The van der Waals surface area contributed by atoms with Gasteiger partial charge in [0.05, 0.1) is 19.5 Å². The summed E-state index contributed by atoms with van der Waals surface area (Å²) in [6.45, 7) is 3.78. The van der Waals surface area contributed by atoms with Crippen LogP contribution < -0.4 is 4.90 Å². The Morgan fingerprint density at radius 1 is 1.29 bits per heavy atom. The number of likely N-dealkylation sites (N-methyl/N-ethyl adjacent to an activating group) is 1. The quantitative estimate of drug-likeness (QED) is 0.674. The van der Waals surface area contributed by atoms with E-state index in [2.05, 4.69) is 31.6 Å². The summed E-state index contributed by atoms with van der Waals surface area (Å²) in [7, 11) is 3.43. The van der Waals surface area contributed by atoms with E-state index in [9.17, 15) is 4.79 Å². The highest BCUT2D eigenvalue weighted by atomic mass is 16.5. The van der Waals surface area contributed by atoms with Crippen LogP contribution in [0.2, 0.25) is 0 Å². The lowest BCUT2D eigenvalue weighted by molar-refractivity contribution is 0.0593. The van der Waals surface area contributed by atoms with Crippen LogP contribution in [0.25, 0.3) is 0 Å². The standard InChI is InChI=1S/C11H16N4O2/c1-14-3-5-15(6-4-14)10-8-12-7-9(13-10)11(16)17-2/h7-8H,3-6H2,1-2H3. The Kier molecular flexibility index (Phi) is 3.53. The van der Waals surface area contributed by atoms with E-state index in [4.69, 9.17) is 0 Å². The topological polar surface area (TPSA) is 58.6 Å². The van der Waals surface area contributed by atoms with Crippen molar-refractivity contribution in [2.24, 2.45) is 0 Å². The molecule has 0 spiro atoms. The minimum atomic E-state index is -0.450. The minimum absolute atomic E-state index is 0.254. The van der Waals surface area contributed by atoms with Crippen LogP contribution in [-0.2, 0) is 4.74 Å². The van der Waals surface area contributed by atoms with Gasteiger partial charge in [0.1, 0.15) is 5.82 Å². The maximum absolute atomic E-state index is 11.3. The summed E-state index contributed by atoms with van der Waals surface area (Å²) >= 11 is 0. The summed E-state index contributed by atoms with van der Waals surface area (Å²) in [6, 6.07) is 0. The van der Waals surface area contributed by atoms with Crippen LogP contribution in [0.3, 0.4) is 0 Å². The van der Waals surface area contributed by atoms with E-state index in [1.54, 1.807) is 6.20 Å². The molecule has 1 saturated heterocycles. The van der Waals surface area contributed by atoms with E-state index >= 15 is 0 Å². The van der Waals surface area contributed by atoms with Gasteiger partial charge in [-0.2, -0.15) is 0 Å². The van der Waals surface area contributed by atoms with E-state index < -0.39 is 5.97 Å². The summed E-state index contributed by atoms with van der Waals surface area (Å²) < 4.78 is 4.63. The third-order valence-corrected chi connectivity index (χ3v) is 2.84. The molecule has 0 radical (unpaired) electrons. The van der Waals surface area contributed by atoms with Crippen LogP contribution >= 0.6 is 0 Å². The Morgan fingerprint density at radius 2 is 2.00 bits per heavy atom. The molecular weight excluding hydrogens is 220 g/mol. The second kappa shape index (κ2) is 5.09. The zero-order valence-corrected chi connectivity index (χ0v) is 10.1. The highest BCUT2D eigenvalue weighted by Crippen LogP contribution is 2.12. The van der Waals surface area contributed by atoms with Gasteiger partial charge >= 0.3 is 5.97 Å². The van der Waals surface area contributed by atoms with Crippen molar-refractivity contribution in [1.29, 1.82) is 0 Å². The molecule has 0 unspecified atom stereocenters. The summed E-state index contributed by atoms with van der Waals surface area (Å²) in [5, 5.41) is 0. The molecule has 6 heteroatoms. The lowest BCUT2D eigenvalue weighted by atomic mass is 10.3. The molecule has 1 aromatic rings. The van der Waals surface area contributed by atoms with Crippen LogP contribution in [0, 0.1) is 0 Å². The number of anilines is 1. The molecule has 1 aliphatic heterocycles. The van der Waals surface area contributed by atoms with Crippen molar-refractivity contribution in [3.8, 4) is 0 Å². The largest absolute Gasteiger partial charge is 0.464 e. The van der Waals surface area contributed by atoms with Gasteiger partial charge in [0.15, 0.2) is 5.69 Å². The first kappa shape index (κ1) is 11.8. The maximum Gasteiger partial charge on any atom is 0.358 e. The molecule has 92 valence electrons. The van der Waals surface area contributed by atoms with Crippen LogP contribution in [0.1, 0.15) is 10.5 Å². The zero-order valence-electron chi connectivity index (χ0n) is 10.1. The van der Waals surface area contributed by atoms with Crippen molar-refractivity contribution in [3.63, 3.8) is 0 Å². The van der Waals surface area contributed by atoms with E-state index in [0.29, 0.717) is 0 Å².